The molecule has 0 aromatic heterocycles. The predicted octanol–water partition coefficient (Wildman–Crippen LogP) is 2.34. The summed E-state index contributed by atoms with van der Waals surface area (Å²) in [7, 11) is 0. The lowest BCUT2D eigenvalue weighted by molar-refractivity contribution is 0.0951. The van der Waals surface area contributed by atoms with Gasteiger partial charge < -0.3 is 0 Å². The fourth-order valence-corrected chi connectivity index (χ4v) is 1.00. The van der Waals surface area contributed by atoms with Gasteiger partial charge in [-0.2, -0.15) is 5.10 Å². The fourth-order valence-electron chi connectivity index (χ4n) is 1.00. The first-order chi connectivity index (χ1) is 7.25. The molecule has 0 spiro atoms. The van der Waals surface area contributed by atoms with Gasteiger partial charge in [0.2, 0.25) is 0 Å². The minimum atomic E-state index is -0.541. The van der Waals surface area contributed by atoms with E-state index in [4.69, 9.17) is 0 Å². The van der Waals surface area contributed by atoms with Crippen LogP contribution in [0.4, 0.5) is 4.39 Å². The number of hydrogen-bond donors (Lipinski definition) is 1. The minimum Gasteiger partial charge on any atom is -0.267 e. The summed E-state index contributed by atoms with van der Waals surface area (Å²) in [4.78, 5) is 11.4. The highest BCUT2D eigenvalue weighted by Crippen LogP contribution is 2.05. The van der Waals surface area contributed by atoms with Crippen molar-refractivity contribution in [1.29, 1.82) is 0 Å². The number of hydrazone groups is 1. The molecule has 0 unspecified atom stereocenters. The lowest BCUT2D eigenvalue weighted by Gasteiger charge is -2.00. The SMILES string of the molecule is CCC/C=N/NC(=O)c1ccccc1F. The molecule has 1 amide bonds. The molecular weight excluding hydrogens is 195 g/mol. The van der Waals surface area contributed by atoms with Crippen molar-refractivity contribution in [3.63, 3.8) is 0 Å². The van der Waals surface area contributed by atoms with Crippen LogP contribution in [0.2, 0.25) is 0 Å². The van der Waals surface area contributed by atoms with Crippen molar-refractivity contribution >= 4 is 12.1 Å². The first kappa shape index (κ1) is 11.4. The number of rotatable bonds is 4. The molecule has 0 fully saturated rings. The number of nitrogens with one attached hydrogen (secondary N) is 1. The first-order valence-electron chi connectivity index (χ1n) is 4.82. The van der Waals surface area contributed by atoms with Crippen LogP contribution in [0.1, 0.15) is 30.1 Å². The Hall–Kier alpha value is -1.71. The minimum absolute atomic E-state index is 0.00569. The third-order valence-corrected chi connectivity index (χ3v) is 1.79. The van der Waals surface area contributed by atoms with Gasteiger partial charge in [0.25, 0.3) is 5.91 Å². The molecule has 0 bridgehead atoms. The van der Waals surface area contributed by atoms with Crippen molar-refractivity contribution in [1.82, 2.24) is 5.43 Å². The van der Waals surface area contributed by atoms with E-state index in [-0.39, 0.29) is 5.56 Å². The molecule has 80 valence electrons. The molecule has 0 aliphatic carbocycles. The molecule has 0 aliphatic rings. The van der Waals surface area contributed by atoms with Crippen molar-refractivity contribution in [2.75, 3.05) is 0 Å². The molecule has 4 heteroatoms. The van der Waals surface area contributed by atoms with Gasteiger partial charge in [-0.3, -0.25) is 4.79 Å². The number of hydrogen-bond acceptors (Lipinski definition) is 2. The Morgan fingerprint density at radius 2 is 2.27 bits per heavy atom. The van der Waals surface area contributed by atoms with Crippen LogP contribution in [-0.2, 0) is 0 Å². The van der Waals surface area contributed by atoms with E-state index in [0.717, 1.165) is 12.8 Å². The van der Waals surface area contributed by atoms with E-state index in [0.29, 0.717) is 0 Å². The largest absolute Gasteiger partial charge is 0.274 e. The molecular formula is C11H13FN2O. The Bertz CT molecular complexity index is 363. The highest BCUT2D eigenvalue weighted by Gasteiger charge is 2.08. The number of carbonyl (C=O) groups is 1. The van der Waals surface area contributed by atoms with Crippen LogP contribution in [0.25, 0.3) is 0 Å². The van der Waals surface area contributed by atoms with Crippen molar-refractivity contribution < 1.29 is 9.18 Å². The maximum Gasteiger partial charge on any atom is 0.274 e. The Morgan fingerprint density at radius 3 is 2.93 bits per heavy atom. The van der Waals surface area contributed by atoms with Crippen molar-refractivity contribution in [2.45, 2.75) is 19.8 Å². The molecule has 0 heterocycles. The van der Waals surface area contributed by atoms with Crippen LogP contribution in [0, 0.1) is 5.82 Å². The molecule has 0 saturated heterocycles. The molecule has 1 N–H and O–H groups in total. The molecule has 15 heavy (non-hydrogen) atoms. The monoisotopic (exact) mass is 208 g/mol. The van der Waals surface area contributed by atoms with Crippen LogP contribution in [0.5, 0.6) is 0 Å². The van der Waals surface area contributed by atoms with Crippen molar-refractivity contribution in [3.8, 4) is 0 Å². The van der Waals surface area contributed by atoms with Crippen molar-refractivity contribution in [3.05, 3.63) is 35.6 Å². The molecule has 0 radical (unpaired) electrons. The van der Waals surface area contributed by atoms with Crippen LogP contribution in [0.15, 0.2) is 29.4 Å². The molecule has 1 rings (SSSR count). The third kappa shape index (κ3) is 3.50. The Kier molecular flexibility index (Phi) is 4.47. The number of nitrogens with zero attached hydrogens (tertiary/aromatic N) is 1. The lowest BCUT2D eigenvalue weighted by Crippen LogP contribution is -2.18. The highest BCUT2D eigenvalue weighted by atomic mass is 19.1. The number of unbranched alkanes of at least 4 members (excludes halogenated alkanes) is 1. The van der Waals surface area contributed by atoms with E-state index >= 15 is 0 Å². The van der Waals surface area contributed by atoms with E-state index in [1.54, 1.807) is 12.3 Å². The van der Waals surface area contributed by atoms with Crippen LogP contribution in [-0.4, -0.2) is 12.1 Å². The molecule has 3 nitrogen and oxygen atoms in total. The average Bonchev–Trinajstić information content (AvgIpc) is 2.25. The molecule has 0 atom stereocenters. The summed E-state index contributed by atoms with van der Waals surface area (Å²) < 4.78 is 13.1. The number of halogens is 1. The lowest BCUT2D eigenvalue weighted by atomic mass is 10.2. The number of benzene rings is 1. The Labute approximate surface area is 88.0 Å². The zero-order valence-electron chi connectivity index (χ0n) is 8.53. The van der Waals surface area contributed by atoms with E-state index < -0.39 is 11.7 Å². The van der Waals surface area contributed by atoms with E-state index in [1.807, 2.05) is 6.92 Å². The Morgan fingerprint density at radius 1 is 1.53 bits per heavy atom. The topological polar surface area (TPSA) is 41.5 Å². The summed E-state index contributed by atoms with van der Waals surface area (Å²) in [5.74, 6) is -1.07. The molecule has 0 aliphatic heterocycles. The molecule has 1 aromatic carbocycles. The summed E-state index contributed by atoms with van der Waals surface area (Å²) in [6.45, 7) is 2.00. The maximum absolute atomic E-state index is 13.1. The van der Waals surface area contributed by atoms with Gasteiger partial charge >= 0.3 is 0 Å². The van der Waals surface area contributed by atoms with Gasteiger partial charge in [0, 0.05) is 6.21 Å². The maximum atomic E-state index is 13.1. The number of carbonyl (C=O) groups excluding carboxylic acids is 1. The van der Waals surface area contributed by atoms with Gasteiger partial charge in [0.15, 0.2) is 0 Å². The van der Waals surface area contributed by atoms with Crippen LogP contribution < -0.4 is 5.43 Å². The summed E-state index contributed by atoms with van der Waals surface area (Å²) >= 11 is 0. The first-order valence-corrected chi connectivity index (χ1v) is 4.82. The van der Waals surface area contributed by atoms with Crippen LogP contribution in [0.3, 0.4) is 0 Å². The zero-order chi connectivity index (χ0) is 11.1. The van der Waals surface area contributed by atoms with Gasteiger partial charge in [-0.05, 0) is 18.6 Å². The van der Waals surface area contributed by atoms with E-state index in [2.05, 4.69) is 10.5 Å². The molecule has 1 aromatic rings. The quantitative estimate of drug-likeness (QED) is 0.598. The standard InChI is InChI=1S/C11H13FN2O/c1-2-3-8-13-14-11(15)9-6-4-5-7-10(9)12/h4-8H,2-3H2,1H3,(H,14,15)/b13-8+. The molecule has 0 saturated carbocycles. The van der Waals surface area contributed by atoms with Gasteiger partial charge in [0.05, 0.1) is 5.56 Å². The van der Waals surface area contributed by atoms with Gasteiger partial charge in [-0.1, -0.05) is 25.5 Å². The second kappa shape index (κ2) is 5.90. The van der Waals surface area contributed by atoms with Crippen molar-refractivity contribution in [2.24, 2.45) is 5.10 Å². The predicted molar refractivity (Wildman–Crippen MR) is 57.3 cm³/mol. The normalized spacial score (nSPS) is 10.5. The highest BCUT2D eigenvalue weighted by molar-refractivity contribution is 5.94. The average molecular weight is 208 g/mol. The summed E-state index contributed by atoms with van der Waals surface area (Å²) in [5, 5.41) is 3.69. The fraction of sp³-hybridized carbons (Fsp3) is 0.273. The van der Waals surface area contributed by atoms with Gasteiger partial charge in [-0.15, -0.1) is 0 Å². The smallest absolute Gasteiger partial charge is 0.267 e. The second-order valence-electron chi connectivity index (χ2n) is 3.02. The van der Waals surface area contributed by atoms with Crippen LogP contribution >= 0.6 is 0 Å². The summed E-state index contributed by atoms with van der Waals surface area (Å²) in [6.07, 6.45) is 3.34. The summed E-state index contributed by atoms with van der Waals surface area (Å²) in [5.41, 5.74) is 2.27. The third-order valence-electron chi connectivity index (χ3n) is 1.79. The van der Waals surface area contributed by atoms with Gasteiger partial charge in [0.1, 0.15) is 5.82 Å². The summed E-state index contributed by atoms with van der Waals surface area (Å²) in [6, 6.07) is 5.80. The van der Waals surface area contributed by atoms with Gasteiger partial charge in [-0.25, -0.2) is 9.82 Å². The Balaban J connectivity index is 2.58. The number of amides is 1. The zero-order valence-corrected chi connectivity index (χ0v) is 8.53. The second-order valence-corrected chi connectivity index (χ2v) is 3.02. The van der Waals surface area contributed by atoms with E-state index in [9.17, 15) is 9.18 Å². The van der Waals surface area contributed by atoms with E-state index in [1.165, 1.54) is 18.2 Å².